The molecule has 3 nitrogen and oxygen atoms in total. The van der Waals surface area contributed by atoms with Crippen molar-refractivity contribution in [2.24, 2.45) is 0 Å². The lowest BCUT2D eigenvalue weighted by molar-refractivity contribution is 0.0982. The Hall–Kier alpha value is -1.16. The zero-order valence-corrected chi connectivity index (χ0v) is 6.93. The average Bonchev–Trinajstić information content (AvgIpc) is 2.03. The highest BCUT2D eigenvalue weighted by atomic mass is 35.5. The molecule has 0 heterocycles. The third kappa shape index (κ3) is 1.53. The summed E-state index contributed by atoms with van der Waals surface area (Å²) in [5, 5.41) is 2.25. The zero-order valence-electron chi connectivity index (χ0n) is 6.17. The summed E-state index contributed by atoms with van der Waals surface area (Å²) in [6.45, 7) is 0. The van der Waals surface area contributed by atoms with Gasteiger partial charge in [-0.3, -0.25) is 4.79 Å². The maximum atomic E-state index is 11.1. The number of carbonyl (C=O) groups is 1. The summed E-state index contributed by atoms with van der Waals surface area (Å²) >= 11 is 5.71. The first-order chi connectivity index (χ1) is 5.66. The van der Waals surface area contributed by atoms with Gasteiger partial charge >= 0.3 is 0 Å². The van der Waals surface area contributed by atoms with E-state index in [0.29, 0.717) is 5.69 Å². The number of benzene rings is 1. The van der Waals surface area contributed by atoms with Crippen LogP contribution in [0.4, 0.5) is 5.69 Å². The number of halogens is 1. The zero-order chi connectivity index (χ0) is 9.14. The molecule has 1 amide bonds. The Morgan fingerprint density at radius 2 is 2.25 bits per heavy atom. The summed E-state index contributed by atoms with van der Waals surface area (Å²) in [4.78, 5) is 11.1. The molecule has 0 unspecified atom stereocenters. The first-order valence-electron chi connectivity index (χ1n) is 3.21. The summed E-state index contributed by atoms with van der Waals surface area (Å²) in [6, 6.07) is 4.81. The summed E-state index contributed by atoms with van der Waals surface area (Å²) < 4.78 is 0. The van der Waals surface area contributed by atoms with Gasteiger partial charge in [-0.2, -0.15) is 0 Å². The van der Waals surface area contributed by atoms with Crippen LogP contribution < -0.4 is 11.0 Å². The van der Waals surface area contributed by atoms with Crippen LogP contribution in [0.2, 0.25) is 5.02 Å². The van der Waals surface area contributed by atoms with Gasteiger partial charge in [0.05, 0.1) is 10.6 Å². The van der Waals surface area contributed by atoms with Gasteiger partial charge in [-0.05, 0) is 12.1 Å². The Morgan fingerprint density at radius 1 is 1.58 bits per heavy atom. The highest BCUT2D eigenvalue weighted by Crippen LogP contribution is 2.21. The van der Waals surface area contributed by atoms with Crippen LogP contribution in [0.15, 0.2) is 18.2 Å². The SMILES string of the molecule is [B]NC(=O)c1c(N)cccc1Cl. The number of nitrogens with two attached hydrogens (primary N) is 1. The number of hydrogen-bond acceptors (Lipinski definition) is 2. The fourth-order valence-electron chi connectivity index (χ4n) is 0.853. The van der Waals surface area contributed by atoms with E-state index in [4.69, 9.17) is 25.3 Å². The minimum absolute atomic E-state index is 0.210. The molecule has 0 bridgehead atoms. The lowest BCUT2D eigenvalue weighted by atomic mass is 10.1. The molecule has 60 valence electrons. The molecule has 0 aliphatic heterocycles. The first kappa shape index (κ1) is 8.94. The molecule has 0 saturated heterocycles. The van der Waals surface area contributed by atoms with Gasteiger partial charge in [-0.1, -0.05) is 17.7 Å². The number of rotatable bonds is 1. The molecule has 1 rings (SSSR count). The maximum Gasteiger partial charge on any atom is 0.242 e. The van der Waals surface area contributed by atoms with Crippen LogP contribution in [0.1, 0.15) is 10.4 Å². The smallest absolute Gasteiger partial charge is 0.242 e. The van der Waals surface area contributed by atoms with E-state index in [-0.39, 0.29) is 10.6 Å². The van der Waals surface area contributed by atoms with Crippen molar-refractivity contribution in [2.75, 3.05) is 5.73 Å². The molecule has 2 radical (unpaired) electrons. The van der Waals surface area contributed by atoms with Gasteiger partial charge in [0, 0.05) is 5.69 Å². The second kappa shape index (κ2) is 3.49. The molecule has 0 atom stereocenters. The van der Waals surface area contributed by atoms with E-state index in [1.807, 2.05) is 5.23 Å². The van der Waals surface area contributed by atoms with Crippen molar-refractivity contribution in [3.8, 4) is 0 Å². The summed E-state index contributed by atoms with van der Waals surface area (Å²) in [6.07, 6.45) is 0. The highest BCUT2D eigenvalue weighted by Gasteiger charge is 2.10. The van der Waals surface area contributed by atoms with Crippen molar-refractivity contribution in [3.63, 3.8) is 0 Å². The summed E-state index contributed by atoms with van der Waals surface area (Å²) in [5.74, 6) is -0.488. The standard InChI is InChI=1S/C7H6BClN2O/c8-11-7(12)6-4(9)2-1-3-5(6)10/h1-3H,10H2,(H,11,12). The van der Waals surface area contributed by atoms with E-state index in [1.165, 1.54) is 0 Å². The van der Waals surface area contributed by atoms with Crippen LogP contribution in [-0.4, -0.2) is 13.9 Å². The molecule has 0 spiro atoms. The van der Waals surface area contributed by atoms with Crippen molar-refractivity contribution in [2.45, 2.75) is 0 Å². The Morgan fingerprint density at radius 3 is 2.75 bits per heavy atom. The predicted octanol–water partition coefficient (Wildman–Crippen LogP) is 0.735. The minimum Gasteiger partial charge on any atom is -0.405 e. The van der Waals surface area contributed by atoms with Gasteiger partial charge < -0.3 is 11.0 Å². The van der Waals surface area contributed by atoms with Gasteiger partial charge in [-0.15, -0.1) is 0 Å². The van der Waals surface area contributed by atoms with Crippen LogP contribution in [-0.2, 0) is 0 Å². The van der Waals surface area contributed by atoms with Gasteiger partial charge in [0.2, 0.25) is 13.9 Å². The topological polar surface area (TPSA) is 55.1 Å². The molecular weight excluding hydrogens is 174 g/mol. The fraction of sp³-hybridized carbons (Fsp3) is 0. The summed E-state index contributed by atoms with van der Waals surface area (Å²) in [5.41, 5.74) is 6.02. The Labute approximate surface area is 76.3 Å². The number of hydrogen-bond donors (Lipinski definition) is 2. The second-order valence-corrected chi connectivity index (χ2v) is 2.58. The van der Waals surface area contributed by atoms with Gasteiger partial charge in [0.1, 0.15) is 0 Å². The quantitative estimate of drug-likeness (QED) is 0.495. The van der Waals surface area contributed by atoms with E-state index in [0.717, 1.165) is 0 Å². The molecule has 0 saturated carbocycles. The molecule has 0 fully saturated rings. The van der Waals surface area contributed by atoms with Crippen molar-refractivity contribution in [1.82, 2.24) is 5.23 Å². The fourth-order valence-corrected chi connectivity index (χ4v) is 1.12. The number of anilines is 1. The van der Waals surface area contributed by atoms with E-state index < -0.39 is 5.91 Å². The number of carbonyl (C=O) groups excluding carboxylic acids is 1. The van der Waals surface area contributed by atoms with Gasteiger partial charge in [0.25, 0.3) is 0 Å². The van der Waals surface area contributed by atoms with Gasteiger partial charge in [-0.25, -0.2) is 0 Å². The molecule has 12 heavy (non-hydrogen) atoms. The van der Waals surface area contributed by atoms with Crippen LogP contribution >= 0.6 is 11.6 Å². The normalized spacial score (nSPS) is 9.42. The van der Waals surface area contributed by atoms with E-state index >= 15 is 0 Å². The lowest BCUT2D eigenvalue weighted by Crippen LogP contribution is -2.21. The van der Waals surface area contributed by atoms with Crippen molar-refractivity contribution in [1.29, 1.82) is 0 Å². The molecule has 5 heteroatoms. The largest absolute Gasteiger partial charge is 0.405 e. The number of nitrogen functional groups attached to an aromatic ring is 1. The molecule has 0 aromatic heterocycles. The summed E-state index contributed by atoms with van der Waals surface area (Å²) in [7, 11) is 4.93. The van der Waals surface area contributed by atoms with Crippen molar-refractivity contribution >= 4 is 31.2 Å². The molecule has 1 aromatic carbocycles. The monoisotopic (exact) mass is 180 g/mol. The van der Waals surface area contributed by atoms with Crippen LogP contribution in [0.3, 0.4) is 0 Å². The van der Waals surface area contributed by atoms with Crippen LogP contribution in [0.25, 0.3) is 0 Å². The Bertz CT molecular complexity index is 296. The van der Waals surface area contributed by atoms with Crippen LogP contribution in [0, 0.1) is 0 Å². The van der Waals surface area contributed by atoms with E-state index in [1.54, 1.807) is 18.2 Å². The third-order valence-corrected chi connectivity index (χ3v) is 1.72. The van der Waals surface area contributed by atoms with Crippen molar-refractivity contribution < 1.29 is 4.79 Å². The van der Waals surface area contributed by atoms with Crippen molar-refractivity contribution in [3.05, 3.63) is 28.8 Å². The second-order valence-electron chi connectivity index (χ2n) is 2.18. The molecule has 3 N–H and O–H groups in total. The van der Waals surface area contributed by atoms with E-state index in [2.05, 4.69) is 0 Å². The lowest BCUT2D eigenvalue weighted by Gasteiger charge is -2.05. The Balaban J connectivity index is 3.21. The number of amides is 1. The van der Waals surface area contributed by atoms with Crippen LogP contribution in [0.5, 0.6) is 0 Å². The Kier molecular flexibility index (Phi) is 2.60. The maximum absolute atomic E-state index is 11.1. The highest BCUT2D eigenvalue weighted by molar-refractivity contribution is 6.35. The molecule has 0 aliphatic rings. The molecule has 1 aromatic rings. The van der Waals surface area contributed by atoms with Gasteiger partial charge in [0.15, 0.2) is 0 Å². The number of nitrogens with one attached hydrogen (secondary N) is 1. The molecular formula is C7H6BClN2O. The molecule has 0 aliphatic carbocycles. The first-order valence-corrected chi connectivity index (χ1v) is 3.59. The minimum atomic E-state index is -0.488. The third-order valence-electron chi connectivity index (χ3n) is 1.40. The average molecular weight is 180 g/mol. The predicted molar refractivity (Wildman–Crippen MR) is 49.1 cm³/mol. The van der Waals surface area contributed by atoms with E-state index in [9.17, 15) is 4.79 Å².